The predicted octanol–water partition coefficient (Wildman–Crippen LogP) is 4.30. The lowest BCUT2D eigenvalue weighted by molar-refractivity contribution is -0.148. The van der Waals surface area contributed by atoms with Crippen molar-refractivity contribution in [2.24, 2.45) is 7.05 Å². The summed E-state index contributed by atoms with van der Waals surface area (Å²) in [5.41, 5.74) is 3.15. The van der Waals surface area contributed by atoms with Crippen LogP contribution in [0.2, 0.25) is 0 Å². The van der Waals surface area contributed by atoms with Gasteiger partial charge in [0.2, 0.25) is 0 Å². The fraction of sp³-hybridized carbons (Fsp3) is 0.636. The normalized spacial score (nSPS) is 19.8. The number of aryl methyl sites for hydroxylation is 1. The van der Waals surface area contributed by atoms with E-state index in [9.17, 15) is 18.0 Å². The summed E-state index contributed by atoms with van der Waals surface area (Å²) in [4.78, 5) is 16.1. The number of ether oxygens (including phenoxy) is 1. The molecule has 0 aliphatic heterocycles. The molecule has 2 aromatic rings. The first-order valence-electron chi connectivity index (χ1n) is 10.6. The molecule has 6 nitrogen and oxygen atoms in total. The number of hydrogen-bond acceptors (Lipinski definition) is 5. The maximum atomic E-state index is 12.8. The van der Waals surface area contributed by atoms with E-state index >= 15 is 0 Å². The summed E-state index contributed by atoms with van der Waals surface area (Å²) in [6.07, 6.45) is 0.635. The van der Waals surface area contributed by atoms with E-state index in [2.05, 4.69) is 16.9 Å². The van der Waals surface area contributed by atoms with Crippen molar-refractivity contribution < 1.29 is 22.7 Å². The van der Waals surface area contributed by atoms with Crippen LogP contribution in [0.5, 0.6) is 0 Å². The van der Waals surface area contributed by atoms with E-state index in [1.807, 2.05) is 26.2 Å². The van der Waals surface area contributed by atoms with Crippen molar-refractivity contribution in [1.29, 1.82) is 0 Å². The first-order valence-corrected chi connectivity index (χ1v) is 10.6. The number of halogens is 3. The average Bonchev–Trinajstić information content (AvgIpc) is 3.08. The van der Waals surface area contributed by atoms with Crippen molar-refractivity contribution >= 4 is 22.6 Å². The Labute approximate surface area is 180 Å². The van der Waals surface area contributed by atoms with Gasteiger partial charge in [-0.3, -0.25) is 9.58 Å². The number of methoxy groups -OCH3 is 1. The molecule has 1 aliphatic rings. The topological polar surface area (TPSA) is 50.6 Å². The second-order valence-electron chi connectivity index (χ2n) is 8.37. The van der Waals surface area contributed by atoms with E-state index in [1.54, 1.807) is 11.7 Å². The van der Waals surface area contributed by atoms with Crippen molar-refractivity contribution in [1.82, 2.24) is 14.7 Å². The number of carbonyl (C=O) groups excluding carboxylic acids is 1. The number of rotatable bonds is 6. The molecule has 1 aliphatic carbocycles. The lowest BCUT2D eigenvalue weighted by Gasteiger charge is -2.41. The summed E-state index contributed by atoms with van der Waals surface area (Å²) in [5, 5.41) is 5.34. The Bertz CT molecular complexity index is 933. The average molecular weight is 441 g/mol. The smallest absolute Gasteiger partial charge is 0.401 e. The van der Waals surface area contributed by atoms with Gasteiger partial charge in [-0.05, 0) is 58.2 Å². The Morgan fingerprint density at radius 1 is 1.26 bits per heavy atom. The molecule has 0 saturated heterocycles. The molecule has 31 heavy (non-hydrogen) atoms. The van der Waals surface area contributed by atoms with Crippen molar-refractivity contribution in [3.63, 3.8) is 0 Å². The third-order valence-corrected chi connectivity index (χ3v) is 6.47. The quantitative estimate of drug-likeness (QED) is 0.627. The van der Waals surface area contributed by atoms with Crippen LogP contribution in [0.4, 0.5) is 18.9 Å². The van der Waals surface area contributed by atoms with Crippen LogP contribution in [0.1, 0.15) is 48.5 Å². The number of carbonyl (C=O) groups is 1. The third kappa shape index (κ3) is 4.81. The van der Waals surface area contributed by atoms with E-state index < -0.39 is 18.7 Å². The van der Waals surface area contributed by atoms with Crippen LogP contribution >= 0.6 is 0 Å². The van der Waals surface area contributed by atoms with Crippen LogP contribution in [-0.4, -0.2) is 66.2 Å². The Balaban J connectivity index is 1.90. The van der Waals surface area contributed by atoms with Crippen molar-refractivity contribution in [2.45, 2.75) is 57.8 Å². The number of nitrogens with zero attached hydrogens (tertiary/aromatic N) is 4. The largest absolute Gasteiger partial charge is 0.465 e. The highest BCUT2D eigenvalue weighted by Crippen LogP contribution is 2.38. The number of fused-ring (bicyclic) bond motifs is 1. The number of alkyl halides is 3. The zero-order valence-corrected chi connectivity index (χ0v) is 18.8. The molecule has 0 N–H and O–H groups in total. The fourth-order valence-corrected chi connectivity index (χ4v) is 4.89. The molecule has 0 radical (unpaired) electrons. The maximum absolute atomic E-state index is 12.8. The van der Waals surface area contributed by atoms with Gasteiger partial charge in [-0.25, -0.2) is 4.79 Å². The molecule has 1 saturated carbocycles. The number of aromatic nitrogens is 2. The number of hydrogen-bond donors (Lipinski definition) is 0. The minimum atomic E-state index is -4.18. The molecule has 0 unspecified atom stereocenters. The number of anilines is 1. The van der Waals surface area contributed by atoms with Gasteiger partial charge in [-0.1, -0.05) is 0 Å². The van der Waals surface area contributed by atoms with Crippen molar-refractivity contribution in [3.8, 4) is 0 Å². The van der Waals surface area contributed by atoms with E-state index in [1.165, 1.54) is 12.0 Å². The Hall–Kier alpha value is -2.29. The zero-order chi connectivity index (χ0) is 22.9. The van der Waals surface area contributed by atoms with Crippen molar-refractivity contribution in [2.75, 3.05) is 32.1 Å². The molecule has 3 rings (SSSR count). The van der Waals surface area contributed by atoms with Crippen LogP contribution in [0.15, 0.2) is 12.3 Å². The van der Waals surface area contributed by atoms with E-state index in [-0.39, 0.29) is 12.1 Å². The number of esters is 1. The minimum absolute atomic E-state index is 0.0718. The van der Waals surface area contributed by atoms with E-state index in [0.717, 1.165) is 41.5 Å². The third-order valence-electron chi connectivity index (χ3n) is 6.47. The van der Waals surface area contributed by atoms with Crippen LogP contribution < -0.4 is 4.90 Å². The second kappa shape index (κ2) is 9.06. The van der Waals surface area contributed by atoms with Gasteiger partial charge in [0.15, 0.2) is 0 Å². The molecule has 1 aromatic heterocycles. The van der Waals surface area contributed by atoms with Gasteiger partial charge in [-0.15, -0.1) is 0 Å². The lowest BCUT2D eigenvalue weighted by Crippen LogP contribution is -2.45. The molecule has 1 fully saturated rings. The van der Waals surface area contributed by atoms with Crippen molar-refractivity contribution in [3.05, 3.63) is 23.4 Å². The molecule has 0 atom stereocenters. The van der Waals surface area contributed by atoms with Crippen LogP contribution in [-0.2, 0) is 11.8 Å². The van der Waals surface area contributed by atoms with Gasteiger partial charge in [0.1, 0.15) is 0 Å². The summed E-state index contributed by atoms with van der Waals surface area (Å²) in [6, 6.07) is 1.93. The Morgan fingerprint density at radius 2 is 1.87 bits per heavy atom. The molecule has 1 heterocycles. The van der Waals surface area contributed by atoms with Gasteiger partial charge < -0.3 is 9.64 Å². The molecule has 0 amide bonds. The van der Waals surface area contributed by atoms with Crippen LogP contribution in [0, 0.1) is 6.92 Å². The molecule has 0 spiro atoms. The van der Waals surface area contributed by atoms with Crippen LogP contribution in [0.25, 0.3) is 10.9 Å². The highest BCUT2D eigenvalue weighted by molar-refractivity contribution is 6.03. The second-order valence-corrected chi connectivity index (χ2v) is 8.37. The summed E-state index contributed by atoms with van der Waals surface area (Å²) in [5.74, 6) is -0.393. The lowest BCUT2D eigenvalue weighted by atomic mass is 9.88. The summed E-state index contributed by atoms with van der Waals surface area (Å²) >= 11 is 0. The highest BCUT2D eigenvalue weighted by Gasteiger charge is 2.35. The minimum Gasteiger partial charge on any atom is -0.465 e. The van der Waals surface area contributed by atoms with Gasteiger partial charge in [0, 0.05) is 31.1 Å². The zero-order valence-electron chi connectivity index (χ0n) is 18.8. The summed E-state index contributed by atoms with van der Waals surface area (Å²) in [7, 11) is 4.75. The molecule has 1 aromatic carbocycles. The highest BCUT2D eigenvalue weighted by atomic mass is 19.4. The van der Waals surface area contributed by atoms with E-state index in [0.29, 0.717) is 18.4 Å². The number of benzene rings is 1. The van der Waals surface area contributed by atoms with Gasteiger partial charge >= 0.3 is 12.1 Å². The van der Waals surface area contributed by atoms with Gasteiger partial charge in [0.05, 0.1) is 36.6 Å². The first-order chi connectivity index (χ1) is 14.6. The molecule has 9 heteroatoms. The first kappa shape index (κ1) is 23.4. The van der Waals surface area contributed by atoms with Gasteiger partial charge in [-0.2, -0.15) is 18.3 Å². The standard InChI is InChI=1S/C22H31F3N4O2/c1-6-29(16-9-7-15(8-10-16)27(3)13-22(23,24)25)20-14(2)17(21(30)31-5)11-19-18(20)12-26-28(19)4/h11-12,15-16H,6-10,13H2,1-5H3. The van der Waals surface area contributed by atoms with E-state index in [4.69, 9.17) is 4.74 Å². The summed E-state index contributed by atoms with van der Waals surface area (Å²) < 4.78 is 45.0. The molecular weight excluding hydrogens is 409 g/mol. The molecule has 0 bridgehead atoms. The molecule has 172 valence electrons. The Kier molecular flexibility index (Phi) is 6.83. The fourth-order valence-electron chi connectivity index (χ4n) is 4.89. The Morgan fingerprint density at radius 3 is 2.42 bits per heavy atom. The maximum Gasteiger partial charge on any atom is 0.401 e. The predicted molar refractivity (Wildman–Crippen MR) is 115 cm³/mol. The summed E-state index contributed by atoms with van der Waals surface area (Å²) in [6.45, 7) is 3.83. The SMILES string of the molecule is CCN(c1c(C)c(C(=O)OC)cc2c1cnn2C)C1CCC(N(C)CC(F)(F)F)CC1. The van der Waals surface area contributed by atoms with Gasteiger partial charge in [0.25, 0.3) is 0 Å². The molecular formula is C22H31F3N4O2. The van der Waals surface area contributed by atoms with Crippen LogP contribution in [0.3, 0.4) is 0 Å². The monoisotopic (exact) mass is 440 g/mol.